The molecule has 0 N–H and O–H groups in total. The molecule has 6 heteroatoms. The molecule has 1 aromatic heterocycles. The number of benzene rings is 1. The molecule has 0 radical (unpaired) electrons. The topological polar surface area (TPSA) is 64.5 Å². The van der Waals surface area contributed by atoms with E-state index in [9.17, 15) is 4.79 Å². The van der Waals surface area contributed by atoms with Crippen LogP contribution in [0.25, 0.3) is 11.0 Å². The van der Waals surface area contributed by atoms with Crippen LogP contribution in [-0.2, 0) is 9.53 Å². The van der Waals surface area contributed by atoms with Crippen LogP contribution in [0.2, 0.25) is 0 Å². The van der Waals surface area contributed by atoms with E-state index >= 15 is 0 Å². The summed E-state index contributed by atoms with van der Waals surface area (Å²) in [6, 6.07) is 7.72. The van der Waals surface area contributed by atoms with E-state index in [0.29, 0.717) is 25.6 Å². The van der Waals surface area contributed by atoms with Crippen LogP contribution in [0, 0.1) is 0 Å². The molecule has 1 aliphatic heterocycles. The van der Waals surface area contributed by atoms with Gasteiger partial charge in [0.1, 0.15) is 12.7 Å². The second-order valence-corrected chi connectivity index (χ2v) is 5.53. The van der Waals surface area contributed by atoms with Crippen LogP contribution < -0.4 is 4.74 Å². The molecule has 0 unspecified atom stereocenters. The predicted molar refractivity (Wildman–Crippen MR) is 86.3 cm³/mol. The van der Waals surface area contributed by atoms with Crippen molar-refractivity contribution in [3.63, 3.8) is 0 Å². The molecule has 0 bridgehead atoms. The number of hydrogen-bond donors (Lipinski definition) is 0. The SMILES string of the molecule is CCOCC(=O)N1CCC(Oc2cnc3ccccc3n2)CC1. The molecule has 1 aromatic carbocycles. The fourth-order valence-electron chi connectivity index (χ4n) is 2.67. The number of ether oxygens (including phenoxy) is 2. The monoisotopic (exact) mass is 315 g/mol. The predicted octanol–water partition coefficient (Wildman–Crippen LogP) is 2.04. The molecule has 6 nitrogen and oxygen atoms in total. The van der Waals surface area contributed by atoms with Crippen LogP contribution in [0.4, 0.5) is 0 Å². The van der Waals surface area contributed by atoms with Crippen molar-refractivity contribution in [2.75, 3.05) is 26.3 Å². The highest BCUT2D eigenvalue weighted by atomic mass is 16.5. The summed E-state index contributed by atoms with van der Waals surface area (Å²) in [5, 5.41) is 0. The molecule has 2 heterocycles. The number of rotatable bonds is 5. The minimum Gasteiger partial charge on any atom is -0.473 e. The van der Waals surface area contributed by atoms with Gasteiger partial charge in [-0.05, 0) is 19.1 Å². The molecule has 122 valence electrons. The number of likely N-dealkylation sites (tertiary alicyclic amines) is 1. The zero-order valence-corrected chi connectivity index (χ0v) is 13.3. The van der Waals surface area contributed by atoms with Crippen LogP contribution in [-0.4, -0.2) is 53.2 Å². The van der Waals surface area contributed by atoms with E-state index < -0.39 is 0 Å². The minimum absolute atomic E-state index is 0.0517. The number of fused-ring (bicyclic) bond motifs is 1. The van der Waals surface area contributed by atoms with Crippen LogP contribution in [0.1, 0.15) is 19.8 Å². The van der Waals surface area contributed by atoms with Crippen LogP contribution in [0.15, 0.2) is 30.5 Å². The normalized spacial score (nSPS) is 15.8. The van der Waals surface area contributed by atoms with E-state index in [-0.39, 0.29) is 18.6 Å². The number of hydrogen-bond acceptors (Lipinski definition) is 5. The number of aromatic nitrogens is 2. The highest BCUT2D eigenvalue weighted by Crippen LogP contribution is 2.19. The van der Waals surface area contributed by atoms with Gasteiger partial charge in [-0.15, -0.1) is 0 Å². The molecular weight excluding hydrogens is 294 g/mol. The van der Waals surface area contributed by atoms with Crippen molar-refractivity contribution >= 4 is 16.9 Å². The first-order valence-corrected chi connectivity index (χ1v) is 8.00. The van der Waals surface area contributed by atoms with Crippen LogP contribution >= 0.6 is 0 Å². The molecule has 2 aromatic rings. The summed E-state index contributed by atoms with van der Waals surface area (Å²) in [5.41, 5.74) is 1.69. The molecule has 0 atom stereocenters. The summed E-state index contributed by atoms with van der Waals surface area (Å²) in [6.45, 7) is 4.00. The van der Waals surface area contributed by atoms with Gasteiger partial charge in [-0.3, -0.25) is 4.79 Å². The number of nitrogens with zero attached hydrogens (tertiary/aromatic N) is 3. The number of carbonyl (C=O) groups is 1. The number of piperidine rings is 1. The molecule has 1 aliphatic rings. The van der Waals surface area contributed by atoms with Crippen LogP contribution in [0.3, 0.4) is 0 Å². The summed E-state index contributed by atoms with van der Waals surface area (Å²) in [6.07, 6.45) is 3.33. The maximum absolute atomic E-state index is 11.9. The van der Waals surface area contributed by atoms with E-state index in [1.165, 1.54) is 0 Å². The van der Waals surface area contributed by atoms with E-state index in [1.807, 2.05) is 36.1 Å². The van der Waals surface area contributed by atoms with Crippen molar-refractivity contribution in [1.82, 2.24) is 14.9 Å². The van der Waals surface area contributed by atoms with Crippen molar-refractivity contribution in [3.05, 3.63) is 30.5 Å². The zero-order chi connectivity index (χ0) is 16.1. The Bertz CT molecular complexity index is 669. The van der Waals surface area contributed by atoms with Gasteiger partial charge in [0.25, 0.3) is 0 Å². The van der Waals surface area contributed by atoms with E-state index in [4.69, 9.17) is 9.47 Å². The smallest absolute Gasteiger partial charge is 0.248 e. The van der Waals surface area contributed by atoms with Gasteiger partial charge in [-0.2, -0.15) is 0 Å². The standard InChI is InChI=1S/C17H21N3O3/c1-2-22-12-17(21)20-9-7-13(8-10-20)23-16-11-18-14-5-3-4-6-15(14)19-16/h3-6,11,13H,2,7-10,12H2,1H3. The first-order chi connectivity index (χ1) is 11.3. The number of carbonyl (C=O) groups excluding carboxylic acids is 1. The summed E-state index contributed by atoms with van der Waals surface area (Å²) >= 11 is 0. The lowest BCUT2D eigenvalue weighted by Gasteiger charge is -2.31. The first-order valence-electron chi connectivity index (χ1n) is 8.00. The lowest BCUT2D eigenvalue weighted by molar-refractivity contribution is -0.137. The van der Waals surface area contributed by atoms with Crippen molar-refractivity contribution < 1.29 is 14.3 Å². The third-order valence-corrected chi connectivity index (χ3v) is 3.94. The lowest BCUT2D eigenvalue weighted by Crippen LogP contribution is -2.43. The Kier molecular flexibility index (Phi) is 5.02. The average molecular weight is 315 g/mol. The molecule has 0 aliphatic carbocycles. The summed E-state index contributed by atoms with van der Waals surface area (Å²) in [5.74, 6) is 0.596. The molecule has 23 heavy (non-hydrogen) atoms. The quantitative estimate of drug-likeness (QED) is 0.845. The molecule has 1 saturated heterocycles. The van der Waals surface area contributed by atoms with Gasteiger partial charge < -0.3 is 14.4 Å². The van der Waals surface area contributed by atoms with E-state index in [1.54, 1.807) is 6.20 Å². The van der Waals surface area contributed by atoms with Crippen molar-refractivity contribution in [1.29, 1.82) is 0 Å². The van der Waals surface area contributed by atoms with Gasteiger partial charge in [0.2, 0.25) is 11.8 Å². The van der Waals surface area contributed by atoms with Gasteiger partial charge in [0, 0.05) is 32.5 Å². The fourth-order valence-corrected chi connectivity index (χ4v) is 2.67. The Balaban J connectivity index is 1.54. The third kappa shape index (κ3) is 3.96. The summed E-state index contributed by atoms with van der Waals surface area (Å²) in [4.78, 5) is 22.6. The van der Waals surface area contributed by atoms with Crippen molar-refractivity contribution in [3.8, 4) is 5.88 Å². The average Bonchev–Trinajstić information content (AvgIpc) is 2.60. The molecule has 1 fully saturated rings. The van der Waals surface area contributed by atoms with Gasteiger partial charge in [-0.25, -0.2) is 9.97 Å². The Morgan fingerprint density at radius 3 is 2.74 bits per heavy atom. The Morgan fingerprint density at radius 2 is 2.00 bits per heavy atom. The van der Waals surface area contributed by atoms with E-state index in [2.05, 4.69) is 9.97 Å². The Morgan fingerprint density at radius 1 is 1.26 bits per heavy atom. The maximum Gasteiger partial charge on any atom is 0.248 e. The number of para-hydroxylation sites is 2. The third-order valence-electron chi connectivity index (χ3n) is 3.94. The first kappa shape index (κ1) is 15.7. The molecular formula is C17H21N3O3. The molecule has 0 spiro atoms. The Labute approximate surface area is 135 Å². The largest absolute Gasteiger partial charge is 0.473 e. The second kappa shape index (κ2) is 7.37. The number of amides is 1. The summed E-state index contributed by atoms with van der Waals surface area (Å²) < 4.78 is 11.1. The van der Waals surface area contributed by atoms with Gasteiger partial charge in [-0.1, -0.05) is 12.1 Å². The van der Waals surface area contributed by atoms with Gasteiger partial charge in [0.05, 0.1) is 17.2 Å². The lowest BCUT2D eigenvalue weighted by atomic mass is 10.1. The van der Waals surface area contributed by atoms with Crippen molar-refractivity contribution in [2.45, 2.75) is 25.9 Å². The zero-order valence-electron chi connectivity index (χ0n) is 13.3. The molecule has 0 saturated carbocycles. The molecule has 3 rings (SSSR count). The summed E-state index contributed by atoms with van der Waals surface area (Å²) in [7, 11) is 0. The van der Waals surface area contributed by atoms with E-state index in [0.717, 1.165) is 23.9 Å². The highest BCUT2D eigenvalue weighted by molar-refractivity contribution is 5.77. The fraction of sp³-hybridized carbons (Fsp3) is 0.471. The van der Waals surface area contributed by atoms with Crippen molar-refractivity contribution in [2.24, 2.45) is 0 Å². The van der Waals surface area contributed by atoms with Gasteiger partial charge in [0.15, 0.2) is 0 Å². The maximum atomic E-state index is 11.9. The second-order valence-electron chi connectivity index (χ2n) is 5.53. The van der Waals surface area contributed by atoms with Crippen LogP contribution in [0.5, 0.6) is 5.88 Å². The molecule has 1 amide bonds. The Hall–Kier alpha value is -2.21. The highest BCUT2D eigenvalue weighted by Gasteiger charge is 2.24. The van der Waals surface area contributed by atoms with Gasteiger partial charge >= 0.3 is 0 Å². The minimum atomic E-state index is 0.0517.